The lowest BCUT2D eigenvalue weighted by Crippen LogP contribution is -2.48. The minimum Gasteiger partial charge on any atom is -0.495 e. The molecular weight excluding hydrogens is 402 g/mol. The number of benzene rings is 1. The van der Waals surface area contributed by atoms with Gasteiger partial charge in [0, 0.05) is 26.2 Å². The van der Waals surface area contributed by atoms with E-state index in [1.54, 1.807) is 36.3 Å². The summed E-state index contributed by atoms with van der Waals surface area (Å²) in [5.41, 5.74) is 0.584. The molecule has 2 aromatic heterocycles. The summed E-state index contributed by atoms with van der Waals surface area (Å²) in [5.74, 6) is 1.31. The number of rotatable bonds is 7. The normalized spacial score (nSPS) is 14.4. The average molecular weight is 425 g/mol. The Labute approximate surface area is 178 Å². The van der Waals surface area contributed by atoms with E-state index in [0.29, 0.717) is 61.6 Å². The number of nitrogens with one attached hydrogen (secondary N) is 1. The van der Waals surface area contributed by atoms with Crippen molar-refractivity contribution in [3.05, 3.63) is 60.1 Å². The minimum atomic E-state index is -0.262. The highest BCUT2D eigenvalue weighted by atomic mass is 16.5. The van der Waals surface area contributed by atoms with E-state index < -0.39 is 0 Å². The summed E-state index contributed by atoms with van der Waals surface area (Å²) < 4.78 is 15.7. The van der Waals surface area contributed by atoms with Crippen molar-refractivity contribution >= 4 is 17.5 Å². The fourth-order valence-corrected chi connectivity index (χ4v) is 3.37. The zero-order valence-corrected chi connectivity index (χ0v) is 17.1. The molecule has 2 amide bonds. The van der Waals surface area contributed by atoms with Crippen molar-refractivity contribution in [3.63, 3.8) is 0 Å². The van der Waals surface area contributed by atoms with Crippen LogP contribution in [0.1, 0.15) is 22.3 Å². The number of aromatic nitrogens is 2. The zero-order chi connectivity index (χ0) is 21.6. The molecule has 3 aromatic rings. The van der Waals surface area contributed by atoms with Gasteiger partial charge in [-0.1, -0.05) is 17.3 Å². The summed E-state index contributed by atoms with van der Waals surface area (Å²) in [4.78, 5) is 32.8. The Balaban J connectivity index is 1.26. The first-order valence-corrected chi connectivity index (χ1v) is 9.92. The maximum atomic E-state index is 12.3. The number of carbonyl (C=O) groups excluding carboxylic acids is 2. The summed E-state index contributed by atoms with van der Waals surface area (Å²) >= 11 is 0. The highest BCUT2D eigenvalue weighted by Crippen LogP contribution is 2.23. The summed E-state index contributed by atoms with van der Waals surface area (Å²) in [7, 11) is 1.54. The summed E-state index contributed by atoms with van der Waals surface area (Å²) in [5, 5.41) is 6.69. The number of piperazine rings is 1. The van der Waals surface area contributed by atoms with Gasteiger partial charge in [0.25, 0.3) is 5.91 Å². The molecule has 1 fully saturated rings. The van der Waals surface area contributed by atoms with Gasteiger partial charge in [-0.2, -0.15) is 4.98 Å². The Morgan fingerprint density at radius 2 is 1.94 bits per heavy atom. The summed E-state index contributed by atoms with van der Waals surface area (Å²) in [6.45, 7) is 2.99. The second-order valence-corrected chi connectivity index (χ2v) is 7.08. The smallest absolute Gasteiger partial charge is 0.289 e. The second-order valence-electron chi connectivity index (χ2n) is 7.08. The van der Waals surface area contributed by atoms with Crippen molar-refractivity contribution in [1.82, 2.24) is 19.9 Å². The Kier molecular flexibility index (Phi) is 6.27. The first kappa shape index (κ1) is 20.6. The van der Waals surface area contributed by atoms with Crippen LogP contribution in [0.2, 0.25) is 0 Å². The number of carbonyl (C=O) groups is 2. The lowest BCUT2D eigenvalue weighted by Gasteiger charge is -2.33. The molecule has 10 heteroatoms. The van der Waals surface area contributed by atoms with Crippen LogP contribution in [0.4, 0.5) is 5.69 Å². The molecule has 0 atom stereocenters. The van der Waals surface area contributed by atoms with E-state index >= 15 is 0 Å². The molecule has 0 aliphatic carbocycles. The van der Waals surface area contributed by atoms with Crippen LogP contribution in [0, 0.1) is 0 Å². The van der Waals surface area contributed by atoms with Gasteiger partial charge in [0.2, 0.25) is 11.8 Å². The molecule has 1 aliphatic heterocycles. The predicted molar refractivity (Wildman–Crippen MR) is 110 cm³/mol. The van der Waals surface area contributed by atoms with Crippen LogP contribution in [-0.4, -0.2) is 65.0 Å². The zero-order valence-electron chi connectivity index (χ0n) is 17.1. The quantitative estimate of drug-likeness (QED) is 0.610. The molecule has 1 aliphatic rings. The van der Waals surface area contributed by atoms with E-state index in [9.17, 15) is 9.59 Å². The van der Waals surface area contributed by atoms with Crippen LogP contribution in [0.25, 0.3) is 0 Å². The molecule has 10 nitrogen and oxygen atoms in total. The Bertz CT molecular complexity index is 1020. The molecule has 1 N–H and O–H groups in total. The van der Waals surface area contributed by atoms with Crippen molar-refractivity contribution in [2.24, 2.45) is 0 Å². The van der Waals surface area contributed by atoms with E-state index in [1.807, 2.05) is 12.1 Å². The molecule has 0 radical (unpaired) electrons. The van der Waals surface area contributed by atoms with Gasteiger partial charge < -0.3 is 23.9 Å². The summed E-state index contributed by atoms with van der Waals surface area (Å²) in [6.07, 6.45) is 1.49. The first-order chi connectivity index (χ1) is 15.1. The molecule has 162 valence electrons. The minimum absolute atomic E-state index is 0.00697. The molecule has 1 saturated heterocycles. The number of para-hydroxylation sites is 2. The largest absolute Gasteiger partial charge is 0.495 e. The molecule has 0 unspecified atom stereocenters. The second kappa shape index (κ2) is 9.43. The SMILES string of the molecule is COc1ccccc1NC(=O)Cc1noc(CN2CCN(C(=O)c3ccco3)CC2)n1. The van der Waals surface area contributed by atoms with Gasteiger partial charge in [-0.25, -0.2) is 0 Å². The lowest BCUT2D eigenvalue weighted by atomic mass is 10.2. The van der Waals surface area contributed by atoms with E-state index in [2.05, 4.69) is 20.4 Å². The third kappa shape index (κ3) is 5.10. The summed E-state index contributed by atoms with van der Waals surface area (Å²) in [6, 6.07) is 10.5. The molecule has 1 aromatic carbocycles. The third-order valence-corrected chi connectivity index (χ3v) is 4.96. The van der Waals surface area contributed by atoms with Gasteiger partial charge in [-0.3, -0.25) is 14.5 Å². The number of ether oxygens (including phenoxy) is 1. The van der Waals surface area contributed by atoms with Gasteiger partial charge in [0.1, 0.15) is 5.75 Å². The first-order valence-electron chi connectivity index (χ1n) is 9.92. The standard InChI is InChI=1S/C21H23N5O5/c1-29-16-6-3-2-5-15(16)22-19(27)13-18-23-20(31-24-18)14-25-8-10-26(11-9-25)21(28)17-7-4-12-30-17/h2-7,12H,8-11,13-14H2,1H3,(H,22,27). The van der Waals surface area contributed by atoms with Crippen molar-refractivity contribution < 1.29 is 23.3 Å². The molecule has 0 bridgehead atoms. The molecule has 3 heterocycles. The topological polar surface area (TPSA) is 114 Å². The van der Waals surface area contributed by atoms with Gasteiger partial charge >= 0.3 is 0 Å². The van der Waals surface area contributed by atoms with E-state index in [1.165, 1.54) is 6.26 Å². The monoisotopic (exact) mass is 425 g/mol. The molecular formula is C21H23N5O5. The molecule has 31 heavy (non-hydrogen) atoms. The lowest BCUT2D eigenvalue weighted by molar-refractivity contribution is -0.115. The van der Waals surface area contributed by atoms with Gasteiger partial charge in [-0.05, 0) is 24.3 Å². The number of methoxy groups -OCH3 is 1. The number of anilines is 1. The van der Waals surface area contributed by atoms with E-state index in [-0.39, 0.29) is 18.2 Å². The van der Waals surface area contributed by atoms with Crippen molar-refractivity contribution in [2.75, 3.05) is 38.6 Å². The number of amides is 2. The Hall–Kier alpha value is -3.66. The van der Waals surface area contributed by atoms with E-state index in [0.717, 1.165) is 0 Å². The van der Waals surface area contributed by atoms with Crippen LogP contribution in [-0.2, 0) is 17.8 Å². The van der Waals surface area contributed by atoms with Crippen LogP contribution in [0.15, 0.2) is 51.6 Å². The highest BCUT2D eigenvalue weighted by molar-refractivity contribution is 5.93. The van der Waals surface area contributed by atoms with Crippen molar-refractivity contribution in [3.8, 4) is 5.75 Å². The maximum absolute atomic E-state index is 12.3. The van der Waals surface area contributed by atoms with Crippen LogP contribution in [0.3, 0.4) is 0 Å². The number of hydrogen-bond donors (Lipinski definition) is 1. The highest BCUT2D eigenvalue weighted by Gasteiger charge is 2.25. The number of hydrogen-bond acceptors (Lipinski definition) is 8. The fourth-order valence-electron chi connectivity index (χ4n) is 3.37. The van der Waals surface area contributed by atoms with Crippen molar-refractivity contribution in [2.45, 2.75) is 13.0 Å². The number of nitrogens with zero attached hydrogens (tertiary/aromatic N) is 4. The van der Waals surface area contributed by atoms with Crippen molar-refractivity contribution in [1.29, 1.82) is 0 Å². The van der Waals surface area contributed by atoms with Gasteiger partial charge in [0.05, 0.1) is 32.0 Å². The number of furan rings is 1. The third-order valence-electron chi connectivity index (χ3n) is 4.96. The molecule has 4 rings (SSSR count). The van der Waals surface area contributed by atoms with E-state index in [4.69, 9.17) is 13.7 Å². The Morgan fingerprint density at radius 3 is 2.68 bits per heavy atom. The Morgan fingerprint density at radius 1 is 1.13 bits per heavy atom. The molecule has 0 spiro atoms. The van der Waals surface area contributed by atoms with Crippen LogP contribution in [0.5, 0.6) is 5.75 Å². The average Bonchev–Trinajstić information content (AvgIpc) is 3.47. The van der Waals surface area contributed by atoms with Crippen LogP contribution < -0.4 is 10.1 Å². The predicted octanol–water partition coefficient (Wildman–Crippen LogP) is 1.81. The van der Waals surface area contributed by atoms with Gasteiger partial charge in [-0.15, -0.1) is 0 Å². The fraction of sp³-hybridized carbons (Fsp3) is 0.333. The van der Waals surface area contributed by atoms with Gasteiger partial charge in [0.15, 0.2) is 11.6 Å². The molecule has 0 saturated carbocycles. The van der Waals surface area contributed by atoms with Crippen LogP contribution >= 0.6 is 0 Å². The maximum Gasteiger partial charge on any atom is 0.289 e.